The van der Waals surface area contributed by atoms with Crippen molar-refractivity contribution in [3.05, 3.63) is 95.7 Å². The van der Waals surface area contributed by atoms with Gasteiger partial charge in [-0.05, 0) is 28.8 Å². The number of hydrogen-bond donors (Lipinski definition) is 0. The second-order valence-corrected chi connectivity index (χ2v) is 6.85. The molecule has 0 amide bonds. The van der Waals surface area contributed by atoms with Gasteiger partial charge in [-0.3, -0.25) is 10.0 Å². The van der Waals surface area contributed by atoms with E-state index in [0.29, 0.717) is 16.2 Å². The molecule has 0 saturated carbocycles. The molecule has 0 saturated heterocycles. The molecule has 0 bridgehead atoms. The Hall–Kier alpha value is -3.60. The van der Waals surface area contributed by atoms with Crippen LogP contribution in [0.1, 0.15) is 24.0 Å². The van der Waals surface area contributed by atoms with Gasteiger partial charge >= 0.3 is 5.97 Å². The van der Waals surface area contributed by atoms with Crippen LogP contribution >= 0.6 is 0 Å². The lowest BCUT2D eigenvalue weighted by Gasteiger charge is -2.19. The van der Waals surface area contributed by atoms with Crippen molar-refractivity contribution < 1.29 is 19.3 Å². The highest BCUT2D eigenvalue weighted by Gasteiger charge is 2.47. The number of nitrogens with zero attached hydrogens (tertiary/aromatic N) is 1. The summed E-state index contributed by atoms with van der Waals surface area (Å²) in [5.74, 6) is -1.19. The van der Waals surface area contributed by atoms with Crippen molar-refractivity contribution in [2.75, 3.05) is 6.61 Å². The topological polar surface area (TPSA) is 61.6 Å². The number of allylic oxidation sites excluding steroid dienone is 1. The van der Waals surface area contributed by atoms with E-state index >= 15 is 0 Å². The van der Waals surface area contributed by atoms with Gasteiger partial charge in [0.1, 0.15) is 5.92 Å². The largest absolute Gasteiger partial charge is 0.465 e. The lowest BCUT2D eigenvalue weighted by Crippen LogP contribution is -2.31. The van der Waals surface area contributed by atoms with Crippen LogP contribution < -0.4 is 0 Å². The molecule has 0 radical (unpaired) electrons. The molecule has 146 valence electrons. The molecule has 4 rings (SSSR count). The number of benzene rings is 3. The molecule has 0 fully saturated rings. The number of carbonyl (C=O) groups is 1. The third-order valence-corrected chi connectivity index (χ3v) is 5.09. The minimum atomic E-state index is -1.07. The summed E-state index contributed by atoms with van der Waals surface area (Å²) in [6.07, 6.45) is -1.07. The van der Waals surface area contributed by atoms with E-state index in [4.69, 9.17) is 9.57 Å². The minimum Gasteiger partial charge on any atom is -0.465 e. The van der Waals surface area contributed by atoms with Gasteiger partial charge in [0, 0.05) is 10.5 Å². The molecule has 0 unspecified atom stereocenters. The Labute approximate surface area is 169 Å². The van der Waals surface area contributed by atoms with Gasteiger partial charge in [0.25, 0.3) is 5.71 Å². The Morgan fingerprint density at radius 3 is 2.48 bits per heavy atom. The van der Waals surface area contributed by atoms with Crippen LogP contribution in [0.2, 0.25) is 0 Å². The van der Waals surface area contributed by atoms with Gasteiger partial charge in [0.15, 0.2) is 6.10 Å². The zero-order valence-corrected chi connectivity index (χ0v) is 16.1. The lowest BCUT2D eigenvalue weighted by molar-refractivity contribution is -0.736. The van der Waals surface area contributed by atoms with E-state index in [1.807, 2.05) is 72.8 Å². The van der Waals surface area contributed by atoms with Gasteiger partial charge in [0.05, 0.1) is 6.61 Å². The Balaban J connectivity index is 1.82. The zero-order chi connectivity index (χ0) is 20.4. The Morgan fingerprint density at radius 2 is 1.76 bits per heavy atom. The molecule has 1 aliphatic heterocycles. The molecule has 5 heteroatoms. The third-order valence-electron chi connectivity index (χ3n) is 5.09. The first kappa shape index (κ1) is 18.7. The number of carbonyl (C=O) groups excluding carboxylic acids is 1. The summed E-state index contributed by atoms with van der Waals surface area (Å²) < 4.78 is 5.17. The average molecular weight is 387 g/mol. The molecular formula is C24H21NO4. The number of esters is 1. The fourth-order valence-electron chi connectivity index (χ4n) is 3.70. The smallest absolute Gasteiger partial charge is 0.326 e. The van der Waals surface area contributed by atoms with Crippen LogP contribution in [-0.2, 0) is 14.4 Å². The molecule has 1 aliphatic rings. The summed E-state index contributed by atoms with van der Waals surface area (Å²) in [6, 6.07) is 23.2. The number of fused-ring (bicyclic) bond motifs is 1. The van der Waals surface area contributed by atoms with Crippen LogP contribution in [0.5, 0.6) is 0 Å². The molecule has 0 aromatic heterocycles. The molecule has 5 nitrogen and oxygen atoms in total. The SMILES string of the molecule is C=C(C1=[N+]([O-])O[C@@H](C(=O)OCC)[C@@H]1c1ccc2ccccc2c1)c1ccccc1. The van der Waals surface area contributed by atoms with Crippen LogP contribution in [0, 0.1) is 5.21 Å². The predicted molar refractivity (Wildman–Crippen MR) is 112 cm³/mol. The van der Waals surface area contributed by atoms with Crippen LogP contribution in [0.15, 0.2) is 79.4 Å². The number of ether oxygens (including phenoxy) is 1. The standard InChI is InChI=1S/C24H21NO4/c1-3-28-24(26)23-21(20-14-13-18-11-7-8-12-19(18)15-20)22(25(27)29-23)16(2)17-9-5-4-6-10-17/h4-15,21,23H,2-3H2,1H3/t21-,23-/m1/s1. The monoisotopic (exact) mass is 387 g/mol. The maximum atomic E-state index is 12.7. The zero-order valence-electron chi connectivity index (χ0n) is 16.1. The van der Waals surface area contributed by atoms with Crippen LogP contribution in [0.3, 0.4) is 0 Å². The average Bonchev–Trinajstić information content (AvgIpc) is 3.11. The van der Waals surface area contributed by atoms with Gasteiger partial charge in [-0.15, -0.1) is 0 Å². The summed E-state index contributed by atoms with van der Waals surface area (Å²) in [7, 11) is 0. The predicted octanol–water partition coefficient (Wildman–Crippen LogP) is 4.47. The van der Waals surface area contributed by atoms with E-state index in [0.717, 1.165) is 21.9 Å². The first-order chi connectivity index (χ1) is 14.1. The Kier molecular flexibility index (Phi) is 5.04. The molecule has 1 heterocycles. The van der Waals surface area contributed by atoms with Crippen molar-refractivity contribution >= 4 is 28.0 Å². The molecule has 0 N–H and O–H groups in total. The Morgan fingerprint density at radius 1 is 1.07 bits per heavy atom. The lowest BCUT2D eigenvalue weighted by atomic mass is 9.83. The molecule has 29 heavy (non-hydrogen) atoms. The Bertz CT molecular complexity index is 1100. The van der Waals surface area contributed by atoms with E-state index < -0.39 is 18.0 Å². The molecule has 3 aromatic rings. The van der Waals surface area contributed by atoms with Gasteiger partial charge in [-0.1, -0.05) is 79.4 Å². The maximum absolute atomic E-state index is 12.7. The highest BCUT2D eigenvalue weighted by molar-refractivity contribution is 6.25. The minimum absolute atomic E-state index is 0.205. The summed E-state index contributed by atoms with van der Waals surface area (Å²) in [4.78, 5) is 18.4. The van der Waals surface area contributed by atoms with Crippen molar-refractivity contribution in [3.63, 3.8) is 0 Å². The second kappa shape index (κ2) is 7.80. The van der Waals surface area contributed by atoms with Crippen LogP contribution in [0.25, 0.3) is 16.3 Å². The highest BCUT2D eigenvalue weighted by atomic mass is 16.9. The van der Waals surface area contributed by atoms with E-state index in [2.05, 4.69) is 6.58 Å². The van der Waals surface area contributed by atoms with E-state index in [9.17, 15) is 10.0 Å². The van der Waals surface area contributed by atoms with Gasteiger partial charge in [-0.2, -0.15) is 0 Å². The number of hydrogen-bond acceptors (Lipinski definition) is 4. The molecule has 0 spiro atoms. The van der Waals surface area contributed by atoms with Gasteiger partial charge < -0.3 is 9.57 Å². The number of rotatable bonds is 5. The van der Waals surface area contributed by atoms with Gasteiger partial charge in [-0.25, -0.2) is 0 Å². The summed E-state index contributed by atoms with van der Waals surface area (Å²) in [6.45, 7) is 6.05. The van der Waals surface area contributed by atoms with Crippen molar-refractivity contribution in [1.29, 1.82) is 0 Å². The van der Waals surface area contributed by atoms with Crippen LogP contribution in [-0.4, -0.2) is 29.3 Å². The van der Waals surface area contributed by atoms with E-state index in [1.54, 1.807) is 6.92 Å². The fourth-order valence-corrected chi connectivity index (χ4v) is 3.70. The third kappa shape index (κ3) is 3.47. The molecule has 0 aliphatic carbocycles. The fraction of sp³-hybridized carbons (Fsp3) is 0.167. The van der Waals surface area contributed by atoms with E-state index in [-0.39, 0.29) is 6.61 Å². The first-order valence-electron chi connectivity index (χ1n) is 9.51. The quantitative estimate of drug-likeness (QED) is 0.479. The van der Waals surface area contributed by atoms with Gasteiger partial charge in [0.2, 0.25) is 0 Å². The second-order valence-electron chi connectivity index (χ2n) is 6.85. The van der Waals surface area contributed by atoms with Crippen molar-refractivity contribution in [2.45, 2.75) is 18.9 Å². The molecule has 2 atom stereocenters. The van der Waals surface area contributed by atoms with Crippen molar-refractivity contribution in [3.8, 4) is 0 Å². The normalized spacial score (nSPS) is 18.5. The van der Waals surface area contributed by atoms with Crippen LogP contribution in [0.4, 0.5) is 0 Å². The highest BCUT2D eigenvalue weighted by Crippen LogP contribution is 2.36. The van der Waals surface area contributed by atoms with E-state index in [1.165, 1.54) is 0 Å². The summed E-state index contributed by atoms with van der Waals surface area (Å²) in [5, 5.41) is 14.8. The van der Waals surface area contributed by atoms with Crippen molar-refractivity contribution in [1.82, 2.24) is 0 Å². The maximum Gasteiger partial charge on any atom is 0.326 e. The van der Waals surface area contributed by atoms with Crippen molar-refractivity contribution in [2.24, 2.45) is 0 Å². The first-order valence-corrected chi connectivity index (χ1v) is 9.51. The molecule has 3 aromatic carbocycles. The summed E-state index contributed by atoms with van der Waals surface area (Å²) in [5.41, 5.74) is 2.42. The summed E-state index contributed by atoms with van der Waals surface area (Å²) >= 11 is 0. The molecular weight excluding hydrogens is 366 g/mol.